The van der Waals surface area contributed by atoms with Gasteiger partial charge in [-0.1, -0.05) is 19.1 Å². The van der Waals surface area contributed by atoms with E-state index in [1.807, 2.05) is 26.0 Å². The van der Waals surface area contributed by atoms with Crippen LogP contribution in [0.25, 0.3) is 10.9 Å². The van der Waals surface area contributed by atoms with Gasteiger partial charge in [0.2, 0.25) is 5.56 Å². The number of aromatic nitrogens is 1. The Morgan fingerprint density at radius 1 is 1.23 bits per heavy atom. The molecule has 1 aromatic heterocycles. The number of nitrogens with zero attached hydrogens (tertiary/aromatic N) is 1. The van der Waals surface area contributed by atoms with Gasteiger partial charge in [-0.2, -0.15) is 0 Å². The van der Waals surface area contributed by atoms with Gasteiger partial charge in [0.05, 0.1) is 10.6 Å². The summed E-state index contributed by atoms with van der Waals surface area (Å²) in [5.41, 5.74) is 0.973. The Morgan fingerprint density at radius 3 is 2.73 bits per heavy atom. The van der Waals surface area contributed by atoms with Gasteiger partial charge in [-0.3, -0.25) is 9.10 Å². The summed E-state index contributed by atoms with van der Waals surface area (Å²) < 4.78 is 33.3. The van der Waals surface area contributed by atoms with Crippen LogP contribution in [0, 0.1) is 5.92 Å². The Hall–Kier alpha value is -2.38. The second-order valence-electron chi connectivity index (χ2n) is 6.26. The number of hydrogen-bond acceptors (Lipinski definition) is 4. The van der Waals surface area contributed by atoms with E-state index in [9.17, 15) is 13.2 Å². The molecule has 3 rings (SSSR count). The quantitative estimate of drug-likeness (QED) is 0.873. The van der Waals surface area contributed by atoms with E-state index in [4.69, 9.17) is 4.74 Å². The normalized spacial score (nSPS) is 20.2. The molecular formula is C19H22N2O4S. The lowest BCUT2D eigenvalue weighted by molar-refractivity contribution is 0.0523. The highest BCUT2D eigenvalue weighted by atomic mass is 32.2. The molecule has 1 N–H and O–H groups in total. The fraction of sp³-hybridized carbons (Fsp3) is 0.316. The molecule has 1 aliphatic carbocycles. The van der Waals surface area contributed by atoms with E-state index in [0.717, 1.165) is 0 Å². The third-order valence-electron chi connectivity index (χ3n) is 4.51. The monoisotopic (exact) mass is 374 g/mol. The summed E-state index contributed by atoms with van der Waals surface area (Å²) in [5, 5.41) is 0.659. The number of sulfonamides is 1. The predicted octanol–water partition coefficient (Wildman–Crippen LogP) is 2.64. The molecule has 7 heteroatoms. The van der Waals surface area contributed by atoms with Crippen molar-refractivity contribution in [1.82, 2.24) is 9.29 Å². The largest absolute Gasteiger partial charge is 0.372 e. The molecule has 138 valence electrons. The molecule has 2 atom stereocenters. The minimum Gasteiger partial charge on any atom is -0.372 e. The molecule has 26 heavy (non-hydrogen) atoms. The molecule has 1 aliphatic rings. The van der Waals surface area contributed by atoms with E-state index in [2.05, 4.69) is 4.98 Å². The fourth-order valence-corrected chi connectivity index (χ4v) is 4.36. The first-order chi connectivity index (χ1) is 12.3. The van der Waals surface area contributed by atoms with Crippen LogP contribution in [0.3, 0.4) is 0 Å². The lowest BCUT2D eigenvalue weighted by Crippen LogP contribution is -2.37. The number of ether oxygens (including phenoxy) is 1. The van der Waals surface area contributed by atoms with Gasteiger partial charge in [0, 0.05) is 31.2 Å². The van der Waals surface area contributed by atoms with Crippen molar-refractivity contribution in [2.24, 2.45) is 5.92 Å². The van der Waals surface area contributed by atoms with Crippen LogP contribution in [-0.2, 0) is 14.8 Å². The number of allylic oxidation sites excluding steroid dienone is 2. The SMILES string of the molecule is CCOC1C(N(C)S(=O)(=O)c2ccc3[nH]c(=O)ccc3c2)=CC=CC1C. The van der Waals surface area contributed by atoms with Gasteiger partial charge in [-0.25, -0.2) is 8.42 Å². The van der Waals surface area contributed by atoms with E-state index in [1.54, 1.807) is 24.3 Å². The first-order valence-electron chi connectivity index (χ1n) is 8.46. The molecule has 2 aromatic rings. The number of likely N-dealkylation sites (N-methyl/N-ethyl adjacent to an activating group) is 1. The maximum Gasteiger partial charge on any atom is 0.263 e. The van der Waals surface area contributed by atoms with E-state index in [1.165, 1.54) is 23.5 Å². The summed E-state index contributed by atoms with van der Waals surface area (Å²) in [7, 11) is -2.22. The molecule has 6 nitrogen and oxygen atoms in total. The van der Waals surface area contributed by atoms with E-state index < -0.39 is 10.0 Å². The van der Waals surface area contributed by atoms with Crippen LogP contribution in [0.2, 0.25) is 0 Å². The fourth-order valence-electron chi connectivity index (χ4n) is 3.09. The van der Waals surface area contributed by atoms with Gasteiger partial charge < -0.3 is 9.72 Å². The zero-order valence-corrected chi connectivity index (χ0v) is 15.8. The van der Waals surface area contributed by atoms with Crippen molar-refractivity contribution < 1.29 is 13.2 Å². The third kappa shape index (κ3) is 3.32. The summed E-state index contributed by atoms with van der Waals surface area (Å²) >= 11 is 0. The molecular weight excluding hydrogens is 352 g/mol. The van der Waals surface area contributed by atoms with Crippen LogP contribution in [0.5, 0.6) is 0 Å². The van der Waals surface area contributed by atoms with Gasteiger partial charge in [-0.05, 0) is 42.7 Å². The third-order valence-corrected chi connectivity index (χ3v) is 6.30. The average Bonchev–Trinajstić information content (AvgIpc) is 2.62. The standard InChI is InChI=1S/C19H22N2O4S/c1-4-25-19-13(2)6-5-7-17(19)21(3)26(23,24)15-9-10-16-14(12-15)8-11-18(22)20-16/h5-13,19H,4H2,1-3H3,(H,20,22). The lowest BCUT2D eigenvalue weighted by atomic mass is 9.96. The molecule has 0 saturated heterocycles. The highest BCUT2D eigenvalue weighted by Crippen LogP contribution is 2.29. The average molecular weight is 374 g/mol. The summed E-state index contributed by atoms with van der Waals surface area (Å²) in [5.74, 6) is 0.0780. The van der Waals surface area contributed by atoms with Crippen molar-refractivity contribution in [2.75, 3.05) is 13.7 Å². The maximum atomic E-state index is 13.1. The number of aromatic amines is 1. The highest BCUT2D eigenvalue weighted by Gasteiger charge is 2.31. The van der Waals surface area contributed by atoms with Crippen molar-refractivity contribution in [3.63, 3.8) is 0 Å². The summed E-state index contributed by atoms with van der Waals surface area (Å²) in [6.07, 6.45) is 5.31. The van der Waals surface area contributed by atoms with Crippen molar-refractivity contribution in [3.05, 3.63) is 64.6 Å². The molecule has 1 aromatic carbocycles. The van der Waals surface area contributed by atoms with Crippen molar-refractivity contribution in [3.8, 4) is 0 Å². The van der Waals surface area contributed by atoms with Crippen molar-refractivity contribution in [2.45, 2.75) is 24.8 Å². The number of H-pyrrole nitrogens is 1. The van der Waals surface area contributed by atoms with E-state index in [-0.39, 0.29) is 22.5 Å². The van der Waals surface area contributed by atoms with Gasteiger partial charge >= 0.3 is 0 Å². The Morgan fingerprint density at radius 2 is 2.00 bits per heavy atom. The molecule has 0 saturated carbocycles. The molecule has 0 radical (unpaired) electrons. The highest BCUT2D eigenvalue weighted by molar-refractivity contribution is 7.89. The zero-order valence-electron chi connectivity index (χ0n) is 15.0. The van der Waals surface area contributed by atoms with Crippen LogP contribution in [-0.4, -0.2) is 37.5 Å². The van der Waals surface area contributed by atoms with Crippen LogP contribution in [0.1, 0.15) is 13.8 Å². The Balaban J connectivity index is 2.01. The Bertz CT molecular complexity index is 1040. The number of rotatable bonds is 5. The van der Waals surface area contributed by atoms with Crippen LogP contribution in [0.15, 0.2) is 63.9 Å². The minimum absolute atomic E-state index is 0.0780. The van der Waals surface area contributed by atoms with E-state index in [0.29, 0.717) is 23.2 Å². The number of fused-ring (bicyclic) bond motifs is 1. The molecule has 0 aliphatic heterocycles. The number of pyridine rings is 1. The topological polar surface area (TPSA) is 79.5 Å². The zero-order chi connectivity index (χ0) is 18.9. The van der Waals surface area contributed by atoms with Gasteiger partial charge in [0.1, 0.15) is 6.10 Å². The van der Waals surface area contributed by atoms with Gasteiger partial charge in [0.15, 0.2) is 0 Å². The smallest absolute Gasteiger partial charge is 0.263 e. The molecule has 0 spiro atoms. The van der Waals surface area contributed by atoms with Crippen LogP contribution in [0.4, 0.5) is 0 Å². The summed E-state index contributed by atoms with van der Waals surface area (Å²) in [6.45, 7) is 4.38. The number of hydrogen-bond donors (Lipinski definition) is 1. The molecule has 0 bridgehead atoms. The maximum absolute atomic E-state index is 13.1. The second kappa shape index (κ2) is 7.09. The first kappa shape index (κ1) is 18.4. The molecule has 0 fully saturated rings. The number of benzene rings is 1. The minimum atomic E-state index is -3.76. The molecule has 0 amide bonds. The van der Waals surface area contributed by atoms with Crippen LogP contribution < -0.4 is 5.56 Å². The molecule has 2 unspecified atom stereocenters. The number of nitrogens with one attached hydrogen (secondary N) is 1. The van der Waals surface area contributed by atoms with E-state index >= 15 is 0 Å². The van der Waals surface area contributed by atoms with Crippen molar-refractivity contribution in [1.29, 1.82) is 0 Å². The predicted molar refractivity (Wildman–Crippen MR) is 101 cm³/mol. The second-order valence-corrected chi connectivity index (χ2v) is 8.22. The summed E-state index contributed by atoms with van der Waals surface area (Å²) in [4.78, 5) is 14.2. The van der Waals surface area contributed by atoms with Gasteiger partial charge in [-0.15, -0.1) is 0 Å². The Labute approximate surface area is 152 Å². The first-order valence-corrected chi connectivity index (χ1v) is 9.90. The Kier molecular flexibility index (Phi) is 5.02. The van der Waals surface area contributed by atoms with Crippen LogP contribution >= 0.6 is 0 Å². The van der Waals surface area contributed by atoms with Crippen molar-refractivity contribution >= 4 is 20.9 Å². The lowest BCUT2D eigenvalue weighted by Gasteiger charge is -2.32. The van der Waals surface area contributed by atoms with Gasteiger partial charge in [0.25, 0.3) is 10.0 Å². The molecule has 1 heterocycles. The summed E-state index contributed by atoms with van der Waals surface area (Å²) in [6, 6.07) is 7.66.